The van der Waals surface area contributed by atoms with E-state index >= 15 is 0 Å². The molecule has 0 aromatic heterocycles. The molecule has 0 N–H and O–H groups in total. The molecule has 0 aliphatic rings. The molecule has 3 heteroatoms. The summed E-state index contributed by atoms with van der Waals surface area (Å²) in [5, 5.41) is 0. The van der Waals surface area contributed by atoms with Crippen molar-refractivity contribution in [3.63, 3.8) is 0 Å². The number of alkyl halides is 2. The second-order valence-electron chi connectivity index (χ2n) is 4.94. The number of halogens is 2. The van der Waals surface area contributed by atoms with Crippen molar-refractivity contribution in [2.45, 2.75) is 61.5 Å². The maximum Gasteiger partial charge on any atom is 0.0645 e. The van der Waals surface area contributed by atoms with Crippen molar-refractivity contribution >= 4 is 39.9 Å². The SMILES string of the molecule is CCCC[C@@H](Br)[C@](C)(Br)[Si](C)(C)C. The summed E-state index contributed by atoms with van der Waals surface area (Å²) in [7, 11) is -1.13. The van der Waals surface area contributed by atoms with Gasteiger partial charge in [0, 0.05) is 8.77 Å². The van der Waals surface area contributed by atoms with Crippen LogP contribution in [0.3, 0.4) is 0 Å². The van der Waals surface area contributed by atoms with Gasteiger partial charge in [0.2, 0.25) is 0 Å². The quantitative estimate of drug-likeness (QED) is 0.493. The lowest BCUT2D eigenvalue weighted by Crippen LogP contribution is -2.50. The highest BCUT2D eigenvalue weighted by Crippen LogP contribution is 2.39. The minimum atomic E-state index is -1.13. The standard InChI is InChI=1S/C10H22Br2Si/c1-6-7-8-9(11)10(2,12)13(3,4)5/h9H,6-8H2,1-5H3/t9-,10-/m1/s1. The van der Waals surface area contributed by atoms with Crippen molar-refractivity contribution in [3.8, 4) is 0 Å². The van der Waals surface area contributed by atoms with Crippen LogP contribution in [0, 0.1) is 0 Å². The smallest absolute Gasteiger partial charge is 0.0645 e. The Morgan fingerprint density at radius 1 is 1.31 bits per heavy atom. The minimum absolute atomic E-state index is 0.315. The Hall–Kier alpha value is 1.18. The fourth-order valence-corrected chi connectivity index (χ4v) is 4.82. The van der Waals surface area contributed by atoms with Crippen LogP contribution in [0.2, 0.25) is 19.6 Å². The van der Waals surface area contributed by atoms with Crippen molar-refractivity contribution in [1.82, 2.24) is 0 Å². The van der Waals surface area contributed by atoms with E-state index in [9.17, 15) is 0 Å². The zero-order chi connectivity index (χ0) is 10.7. The molecule has 0 rings (SSSR count). The zero-order valence-electron chi connectivity index (χ0n) is 9.45. The highest BCUT2D eigenvalue weighted by Gasteiger charge is 2.41. The molecular weight excluding hydrogens is 308 g/mol. The Morgan fingerprint density at radius 3 is 2.08 bits per heavy atom. The predicted molar refractivity (Wildman–Crippen MR) is 72.9 cm³/mol. The Labute approximate surface area is 101 Å². The fraction of sp³-hybridized carbons (Fsp3) is 1.00. The van der Waals surface area contributed by atoms with Crippen molar-refractivity contribution < 1.29 is 0 Å². The van der Waals surface area contributed by atoms with E-state index in [0.717, 1.165) is 0 Å². The van der Waals surface area contributed by atoms with E-state index in [1.165, 1.54) is 19.3 Å². The Bertz CT molecular complexity index is 149. The van der Waals surface area contributed by atoms with Crippen LogP contribution in [0.1, 0.15) is 33.1 Å². The molecule has 0 amide bonds. The molecule has 0 heterocycles. The van der Waals surface area contributed by atoms with Crippen LogP contribution in [0.4, 0.5) is 0 Å². The van der Waals surface area contributed by atoms with Crippen LogP contribution in [0.15, 0.2) is 0 Å². The summed E-state index contributed by atoms with van der Waals surface area (Å²) in [4.78, 5) is 0.617. The molecule has 0 aromatic carbocycles. The van der Waals surface area contributed by atoms with E-state index in [4.69, 9.17) is 0 Å². The lowest BCUT2D eigenvalue weighted by Gasteiger charge is -2.39. The van der Waals surface area contributed by atoms with Crippen LogP contribution in [0.25, 0.3) is 0 Å². The third kappa shape index (κ3) is 4.04. The zero-order valence-corrected chi connectivity index (χ0v) is 13.6. The summed E-state index contributed by atoms with van der Waals surface area (Å²) < 4.78 is 0.315. The first kappa shape index (κ1) is 14.2. The number of rotatable bonds is 5. The van der Waals surface area contributed by atoms with Crippen molar-refractivity contribution in [2.24, 2.45) is 0 Å². The Morgan fingerprint density at radius 2 is 1.77 bits per heavy atom. The minimum Gasteiger partial charge on any atom is -0.0880 e. The molecule has 0 saturated heterocycles. The van der Waals surface area contributed by atoms with Gasteiger partial charge in [0.15, 0.2) is 0 Å². The van der Waals surface area contributed by atoms with Gasteiger partial charge in [0.05, 0.1) is 8.07 Å². The average molecular weight is 330 g/mol. The van der Waals surface area contributed by atoms with Crippen molar-refractivity contribution in [3.05, 3.63) is 0 Å². The molecule has 0 spiro atoms. The van der Waals surface area contributed by atoms with Crippen molar-refractivity contribution in [1.29, 1.82) is 0 Å². The van der Waals surface area contributed by atoms with Gasteiger partial charge in [-0.05, 0) is 6.42 Å². The summed E-state index contributed by atoms with van der Waals surface area (Å²) in [6, 6.07) is 0. The largest absolute Gasteiger partial charge is 0.0880 e. The summed E-state index contributed by atoms with van der Waals surface area (Å²) in [5.41, 5.74) is 0. The molecule has 13 heavy (non-hydrogen) atoms. The number of hydrogen-bond acceptors (Lipinski definition) is 0. The first-order chi connectivity index (χ1) is 5.73. The molecule has 0 unspecified atom stereocenters. The van der Waals surface area contributed by atoms with Gasteiger partial charge in [0.25, 0.3) is 0 Å². The molecule has 0 nitrogen and oxygen atoms in total. The summed E-state index contributed by atoms with van der Waals surface area (Å²) in [6.45, 7) is 11.8. The highest BCUT2D eigenvalue weighted by atomic mass is 79.9. The molecule has 0 radical (unpaired) electrons. The monoisotopic (exact) mass is 328 g/mol. The molecule has 0 saturated carbocycles. The van der Waals surface area contributed by atoms with E-state index < -0.39 is 8.07 Å². The fourth-order valence-electron chi connectivity index (χ4n) is 1.12. The van der Waals surface area contributed by atoms with E-state index in [1.54, 1.807) is 0 Å². The van der Waals surface area contributed by atoms with Crippen LogP contribution >= 0.6 is 31.9 Å². The van der Waals surface area contributed by atoms with Crippen molar-refractivity contribution in [2.75, 3.05) is 0 Å². The predicted octanol–water partition coefficient (Wildman–Crippen LogP) is 4.97. The van der Waals surface area contributed by atoms with Gasteiger partial charge in [0.1, 0.15) is 0 Å². The maximum absolute atomic E-state index is 3.91. The molecule has 0 aliphatic carbocycles. The molecular formula is C10H22Br2Si. The molecule has 0 aromatic rings. The van der Waals surface area contributed by atoms with Gasteiger partial charge in [-0.3, -0.25) is 0 Å². The van der Waals surface area contributed by atoms with Gasteiger partial charge in [-0.25, -0.2) is 0 Å². The highest BCUT2D eigenvalue weighted by molar-refractivity contribution is 9.13. The second-order valence-corrected chi connectivity index (χ2v) is 14.0. The van der Waals surface area contributed by atoms with Gasteiger partial charge >= 0.3 is 0 Å². The number of hydrogen-bond donors (Lipinski definition) is 0. The molecule has 0 bridgehead atoms. The number of unbranched alkanes of at least 4 members (excludes halogenated alkanes) is 1. The van der Waals surface area contributed by atoms with E-state index in [-0.39, 0.29) is 0 Å². The van der Waals surface area contributed by atoms with Crippen LogP contribution in [0.5, 0.6) is 0 Å². The topological polar surface area (TPSA) is 0 Å². The molecule has 2 atom stereocenters. The lowest BCUT2D eigenvalue weighted by atomic mass is 10.2. The Kier molecular flexibility index (Phi) is 5.79. The Balaban J connectivity index is 4.27. The first-order valence-corrected chi connectivity index (χ1v) is 10.3. The third-order valence-corrected chi connectivity index (χ3v) is 12.7. The van der Waals surface area contributed by atoms with Crippen LogP contribution in [-0.4, -0.2) is 16.8 Å². The first-order valence-electron chi connectivity index (χ1n) is 5.06. The summed E-state index contributed by atoms with van der Waals surface area (Å²) >= 11 is 7.74. The summed E-state index contributed by atoms with van der Waals surface area (Å²) in [6.07, 6.45) is 3.89. The van der Waals surface area contributed by atoms with Crippen LogP contribution in [-0.2, 0) is 0 Å². The second kappa shape index (κ2) is 5.31. The summed E-state index contributed by atoms with van der Waals surface area (Å²) in [5.74, 6) is 0. The maximum atomic E-state index is 3.91. The molecule has 80 valence electrons. The van der Waals surface area contributed by atoms with E-state index in [0.29, 0.717) is 8.77 Å². The van der Waals surface area contributed by atoms with Gasteiger partial charge < -0.3 is 0 Å². The van der Waals surface area contributed by atoms with E-state index in [1.807, 2.05) is 0 Å². The molecule has 0 fully saturated rings. The molecule has 0 aliphatic heterocycles. The lowest BCUT2D eigenvalue weighted by molar-refractivity contribution is 0.655. The van der Waals surface area contributed by atoms with Gasteiger partial charge in [-0.1, -0.05) is 78.2 Å². The normalized spacial score (nSPS) is 19.6. The average Bonchev–Trinajstić information content (AvgIpc) is 1.97. The van der Waals surface area contributed by atoms with Gasteiger partial charge in [-0.15, -0.1) is 0 Å². The van der Waals surface area contributed by atoms with Crippen LogP contribution < -0.4 is 0 Å². The van der Waals surface area contributed by atoms with Gasteiger partial charge in [-0.2, -0.15) is 0 Å². The third-order valence-electron chi connectivity index (χ3n) is 2.87. The van der Waals surface area contributed by atoms with E-state index in [2.05, 4.69) is 65.3 Å².